The number of hydrogen-bond acceptors (Lipinski definition) is 3. The van der Waals surface area contributed by atoms with Gasteiger partial charge in [0, 0.05) is 16.4 Å². The summed E-state index contributed by atoms with van der Waals surface area (Å²) in [5, 5.41) is 3.17. The van der Waals surface area contributed by atoms with Gasteiger partial charge in [0.05, 0.1) is 15.7 Å². The van der Waals surface area contributed by atoms with Crippen LogP contribution in [0.4, 0.5) is 11.4 Å². The van der Waals surface area contributed by atoms with Gasteiger partial charge in [-0.1, -0.05) is 29.8 Å². The van der Waals surface area contributed by atoms with Crippen molar-refractivity contribution < 1.29 is 9.00 Å². The summed E-state index contributed by atoms with van der Waals surface area (Å²) in [4.78, 5) is 12.3. The number of anilines is 2. The highest BCUT2D eigenvalue weighted by molar-refractivity contribution is 7.86. The minimum atomic E-state index is -1.47. The molecular formula is C14H13ClN2O2S. The number of carbonyl (C=O) groups is 1. The van der Waals surface area contributed by atoms with E-state index < -0.39 is 10.8 Å². The van der Waals surface area contributed by atoms with Crippen molar-refractivity contribution in [2.45, 2.75) is 4.90 Å². The van der Waals surface area contributed by atoms with Gasteiger partial charge in [-0.3, -0.25) is 9.00 Å². The molecule has 104 valence electrons. The fourth-order valence-corrected chi connectivity index (χ4v) is 2.87. The van der Waals surface area contributed by atoms with E-state index >= 15 is 0 Å². The molecule has 0 radical (unpaired) electrons. The Bertz CT molecular complexity index is 661. The molecule has 0 saturated carbocycles. The maximum Gasteiger partial charge on any atom is 0.237 e. The van der Waals surface area contributed by atoms with Crippen LogP contribution < -0.4 is 11.1 Å². The van der Waals surface area contributed by atoms with E-state index in [4.69, 9.17) is 17.3 Å². The number of nitrogens with two attached hydrogens (primary N) is 1. The minimum Gasteiger partial charge on any atom is -0.398 e. The molecule has 0 aliphatic heterocycles. The lowest BCUT2D eigenvalue weighted by molar-refractivity contribution is -0.113. The number of halogens is 1. The second kappa shape index (κ2) is 6.54. The van der Waals surface area contributed by atoms with E-state index in [1.54, 1.807) is 48.5 Å². The van der Waals surface area contributed by atoms with Gasteiger partial charge in [0.2, 0.25) is 5.91 Å². The summed E-state index contributed by atoms with van der Waals surface area (Å²) in [6.45, 7) is 0. The summed E-state index contributed by atoms with van der Waals surface area (Å²) >= 11 is 5.82. The van der Waals surface area contributed by atoms with Gasteiger partial charge < -0.3 is 11.1 Å². The van der Waals surface area contributed by atoms with Crippen LogP contribution in [0.1, 0.15) is 0 Å². The monoisotopic (exact) mass is 308 g/mol. The van der Waals surface area contributed by atoms with Crippen LogP contribution in [-0.4, -0.2) is 15.9 Å². The van der Waals surface area contributed by atoms with Gasteiger partial charge in [-0.05, 0) is 30.3 Å². The van der Waals surface area contributed by atoms with Crippen molar-refractivity contribution >= 4 is 39.7 Å². The molecule has 1 amide bonds. The number of amides is 1. The average Bonchev–Trinajstić information content (AvgIpc) is 2.38. The molecule has 6 heteroatoms. The SMILES string of the molecule is Nc1ccccc1S(=O)CC(=O)Nc1cccc(Cl)c1. The van der Waals surface area contributed by atoms with Crippen LogP contribution in [0.2, 0.25) is 5.02 Å². The summed E-state index contributed by atoms with van der Waals surface area (Å²) in [7, 11) is -1.47. The van der Waals surface area contributed by atoms with Gasteiger partial charge in [0.1, 0.15) is 5.75 Å². The molecule has 20 heavy (non-hydrogen) atoms. The first-order valence-electron chi connectivity index (χ1n) is 5.84. The number of nitrogens with one attached hydrogen (secondary N) is 1. The van der Waals surface area contributed by atoms with Gasteiger partial charge in [0.15, 0.2) is 0 Å². The third kappa shape index (κ3) is 3.82. The molecule has 0 saturated heterocycles. The van der Waals surface area contributed by atoms with Crippen molar-refractivity contribution in [3.63, 3.8) is 0 Å². The molecule has 3 N–H and O–H groups in total. The largest absolute Gasteiger partial charge is 0.398 e. The van der Waals surface area contributed by atoms with E-state index in [0.29, 0.717) is 21.3 Å². The Kier molecular flexibility index (Phi) is 4.76. The number of benzene rings is 2. The van der Waals surface area contributed by atoms with E-state index in [0.717, 1.165) is 0 Å². The van der Waals surface area contributed by atoms with Crippen molar-refractivity contribution in [3.05, 3.63) is 53.6 Å². The van der Waals surface area contributed by atoms with Crippen molar-refractivity contribution in [2.75, 3.05) is 16.8 Å². The maximum absolute atomic E-state index is 12.1. The average molecular weight is 309 g/mol. The van der Waals surface area contributed by atoms with Crippen LogP contribution in [0.3, 0.4) is 0 Å². The van der Waals surface area contributed by atoms with E-state index in [2.05, 4.69) is 5.32 Å². The van der Waals surface area contributed by atoms with E-state index in [1.807, 2.05) is 0 Å². The summed E-state index contributed by atoms with van der Waals surface area (Å²) < 4.78 is 12.1. The molecule has 0 fully saturated rings. The number of rotatable bonds is 4. The zero-order chi connectivity index (χ0) is 14.5. The summed E-state index contributed by atoms with van der Waals surface area (Å²) in [5.74, 6) is -0.505. The Morgan fingerprint density at radius 1 is 1.20 bits per heavy atom. The van der Waals surface area contributed by atoms with Gasteiger partial charge in [0.25, 0.3) is 0 Å². The molecule has 4 nitrogen and oxygen atoms in total. The fraction of sp³-hybridized carbons (Fsp3) is 0.0714. The fourth-order valence-electron chi connectivity index (χ4n) is 1.65. The van der Waals surface area contributed by atoms with Crippen LogP contribution in [0.25, 0.3) is 0 Å². The van der Waals surface area contributed by atoms with E-state index in [-0.39, 0.29) is 11.7 Å². The Balaban J connectivity index is 2.02. The lowest BCUT2D eigenvalue weighted by Crippen LogP contribution is -2.20. The van der Waals surface area contributed by atoms with Crippen molar-refractivity contribution in [3.8, 4) is 0 Å². The number of nitrogen functional groups attached to an aromatic ring is 1. The number of para-hydroxylation sites is 1. The predicted octanol–water partition coefficient (Wildman–Crippen LogP) is 2.67. The highest BCUT2D eigenvalue weighted by atomic mass is 35.5. The van der Waals surface area contributed by atoms with Gasteiger partial charge in [-0.15, -0.1) is 0 Å². The Morgan fingerprint density at radius 3 is 2.65 bits per heavy atom. The van der Waals surface area contributed by atoms with Crippen LogP contribution in [0.15, 0.2) is 53.4 Å². The summed E-state index contributed by atoms with van der Waals surface area (Å²) in [6.07, 6.45) is 0. The maximum atomic E-state index is 12.1. The van der Waals surface area contributed by atoms with Gasteiger partial charge >= 0.3 is 0 Å². The van der Waals surface area contributed by atoms with Gasteiger partial charge in [-0.2, -0.15) is 0 Å². The van der Waals surface area contributed by atoms with Crippen LogP contribution >= 0.6 is 11.6 Å². The quantitative estimate of drug-likeness (QED) is 0.853. The normalized spacial score (nSPS) is 11.8. The first kappa shape index (κ1) is 14.6. The Labute approximate surface area is 124 Å². The Morgan fingerprint density at radius 2 is 1.95 bits per heavy atom. The summed E-state index contributed by atoms with van der Waals surface area (Å²) in [6, 6.07) is 13.6. The highest BCUT2D eigenvalue weighted by Gasteiger charge is 2.12. The molecule has 0 spiro atoms. The molecule has 0 aliphatic carbocycles. The van der Waals surface area contributed by atoms with E-state index in [1.165, 1.54) is 0 Å². The lowest BCUT2D eigenvalue weighted by Gasteiger charge is -2.07. The van der Waals surface area contributed by atoms with E-state index in [9.17, 15) is 9.00 Å². The number of carbonyl (C=O) groups excluding carboxylic acids is 1. The minimum absolute atomic E-state index is 0.152. The lowest BCUT2D eigenvalue weighted by atomic mass is 10.3. The molecule has 0 aliphatic rings. The molecule has 2 aromatic carbocycles. The summed E-state index contributed by atoms with van der Waals surface area (Å²) in [5.41, 5.74) is 6.72. The third-order valence-electron chi connectivity index (χ3n) is 2.53. The van der Waals surface area contributed by atoms with Crippen molar-refractivity contribution in [2.24, 2.45) is 0 Å². The predicted molar refractivity (Wildman–Crippen MR) is 82.2 cm³/mol. The first-order valence-corrected chi connectivity index (χ1v) is 7.54. The molecule has 2 aromatic rings. The molecule has 0 bridgehead atoms. The zero-order valence-corrected chi connectivity index (χ0v) is 12.1. The molecule has 1 unspecified atom stereocenters. The topological polar surface area (TPSA) is 72.2 Å². The number of hydrogen-bond donors (Lipinski definition) is 2. The molecule has 0 heterocycles. The Hall–Kier alpha value is -1.85. The zero-order valence-electron chi connectivity index (χ0n) is 10.5. The smallest absolute Gasteiger partial charge is 0.237 e. The molecule has 0 aromatic heterocycles. The van der Waals surface area contributed by atoms with Crippen molar-refractivity contribution in [1.29, 1.82) is 0 Å². The standard InChI is InChI=1S/C14H13ClN2O2S/c15-10-4-3-5-11(8-10)17-14(18)9-20(19)13-7-2-1-6-12(13)16/h1-8H,9,16H2,(H,17,18). The van der Waals surface area contributed by atoms with Crippen LogP contribution in [-0.2, 0) is 15.6 Å². The second-order valence-electron chi connectivity index (χ2n) is 4.09. The molecular weight excluding hydrogens is 296 g/mol. The highest BCUT2D eigenvalue weighted by Crippen LogP contribution is 2.17. The second-order valence-corrected chi connectivity index (χ2v) is 5.94. The van der Waals surface area contributed by atoms with Gasteiger partial charge in [-0.25, -0.2) is 0 Å². The molecule has 1 atom stereocenters. The van der Waals surface area contributed by atoms with Crippen LogP contribution in [0.5, 0.6) is 0 Å². The third-order valence-corrected chi connectivity index (χ3v) is 4.16. The first-order chi connectivity index (χ1) is 9.56. The van der Waals surface area contributed by atoms with Crippen LogP contribution in [0, 0.1) is 0 Å². The van der Waals surface area contributed by atoms with Crippen molar-refractivity contribution in [1.82, 2.24) is 0 Å². The molecule has 2 rings (SSSR count).